The van der Waals surface area contributed by atoms with Gasteiger partial charge in [-0.25, -0.2) is 9.48 Å². The Morgan fingerprint density at radius 2 is 1.71 bits per heavy atom. The van der Waals surface area contributed by atoms with Crippen LogP contribution in [0.25, 0.3) is 33.3 Å². The number of hydrogen-bond acceptors (Lipinski definition) is 5. The van der Waals surface area contributed by atoms with E-state index >= 15 is 0 Å². The van der Waals surface area contributed by atoms with Crippen LogP contribution in [0.5, 0.6) is 0 Å². The third-order valence-electron chi connectivity index (χ3n) is 4.72. The lowest BCUT2D eigenvalue weighted by molar-refractivity contribution is 0.0602. The molecule has 0 aliphatic rings. The minimum Gasteiger partial charge on any atom is -0.465 e. The van der Waals surface area contributed by atoms with E-state index in [1.807, 2.05) is 48.5 Å². The van der Waals surface area contributed by atoms with Crippen LogP contribution in [0.15, 0.2) is 60.7 Å². The summed E-state index contributed by atoms with van der Waals surface area (Å²) in [6.45, 7) is 0. The van der Waals surface area contributed by atoms with E-state index in [9.17, 15) is 9.59 Å². The largest absolute Gasteiger partial charge is 0.465 e. The molecule has 0 aliphatic carbocycles. The molecule has 4 aromatic rings. The Bertz CT molecular complexity index is 1190. The van der Waals surface area contributed by atoms with Crippen LogP contribution in [0.4, 0.5) is 0 Å². The first-order valence-corrected chi connectivity index (χ1v) is 8.69. The summed E-state index contributed by atoms with van der Waals surface area (Å²) in [6.07, 6.45) is 0.855. The number of hydrogen-bond donors (Lipinski definition) is 0. The molecule has 6 nitrogen and oxygen atoms in total. The first kappa shape index (κ1) is 17.6. The van der Waals surface area contributed by atoms with Crippen molar-refractivity contribution in [1.29, 1.82) is 0 Å². The van der Waals surface area contributed by atoms with Crippen LogP contribution in [0.1, 0.15) is 20.7 Å². The summed E-state index contributed by atoms with van der Waals surface area (Å²) < 4.78 is 6.48. The predicted molar refractivity (Wildman–Crippen MR) is 106 cm³/mol. The number of aryl methyl sites for hydroxylation is 1. The number of rotatable bonds is 4. The van der Waals surface area contributed by atoms with Crippen LogP contribution >= 0.6 is 0 Å². The fourth-order valence-corrected chi connectivity index (χ4v) is 3.33. The maximum absolute atomic E-state index is 12.2. The summed E-state index contributed by atoms with van der Waals surface area (Å²) in [5.74, 6) is -0.436. The number of ether oxygens (including phenoxy) is 1. The molecule has 0 unspecified atom stereocenters. The molecule has 0 fully saturated rings. The van der Waals surface area contributed by atoms with Crippen LogP contribution in [0.2, 0.25) is 0 Å². The fraction of sp³-hybridized carbons (Fsp3) is 0.0909. The van der Waals surface area contributed by atoms with Gasteiger partial charge in [-0.2, -0.15) is 0 Å². The quantitative estimate of drug-likeness (QED) is 0.402. The Morgan fingerprint density at radius 3 is 2.43 bits per heavy atom. The number of benzene rings is 3. The molecule has 138 valence electrons. The zero-order valence-electron chi connectivity index (χ0n) is 15.4. The number of methoxy groups -OCH3 is 1. The highest BCUT2D eigenvalue weighted by Gasteiger charge is 2.17. The van der Waals surface area contributed by atoms with Crippen LogP contribution in [0, 0.1) is 0 Å². The molecule has 6 heteroatoms. The number of carbonyl (C=O) groups excluding carboxylic acids is 2. The summed E-state index contributed by atoms with van der Waals surface area (Å²) >= 11 is 0. The molecule has 3 aromatic carbocycles. The van der Waals surface area contributed by atoms with Gasteiger partial charge in [0.15, 0.2) is 6.29 Å². The van der Waals surface area contributed by atoms with Gasteiger partial charge in [0.1, 0.15) is 11.0 Å². The smallest absolute Gasteiger partial charge is 0.340 e. The average molecular weight is 371 g/mol. The maximum atomic E-state index is 12.2. The fourth-order valence-electron chi connectivity index (χ4n) is 3.33. The molecule has 0 bridgehead atoms. The van der Waals surface area contributed by atoms with E-state index in [1.165, 1.54) is 7.11 Å². The van der Waals surface area contributed by atoms with Crippen molar-refractivity contribution in [2.75, 3.05) is 7.11 Å². The first-order chi connectivity index (χ1) is 13.6. The average Bonchev–Trinajstić information content (AvgIpc) is 3.13. The zero-order chi connectivity index (χ0) is 19.7. The van der Waals surface area contributed by atoms with Crippen LogP contribution < -0.4 is 0 Å². The first-order valence-electron chi connectivity index (χ1n) is 8.69. The SMILES string of the molecule is COC(=O)c1cc(-c2ccc(-c3ccccc3C=O)cc2)cc2nnn(C)c12. The number of nitrogens with zero attached hydrogens (tertiary/aromatic N) is 3. The molecule has 0 radical (unpaired) electrons. The number of aldehydes is 1. The van der Waals surface area contributed by atoms with Gasteiger partial charge in [-0.1, -0.05) is 53.7 Å². The van der Waals surface area contributed by atoms with E-state index in [-0.39, 0.29) is 0 Å². The predicted octanol–water partition coefficient (Wildman–Crippen LogP) is 3.90. The van der Waals surface area contributed by atoms with Crippen LogP contribution in [-0.2, 0) is 11.8 Å². The standard InChI is InChI=1S/C22H17N3O3/c1-25-21-19(22(27)28-2)11-17(12-20(21)23-24-25)14-7-9-15(10-8-14)18-6-4-3-5-16(18)13-26/h3-13H,1-2H3. The highest BCUT2D eigenvalue weighted by molar-refractivity contribution is 6.04. The zero-order valence-corrected chi connectivity index (χ0v) is 15.4. The molecule has 0 saturated carbocycles. The molecule has 28 heavy (non-hydrogen) atoms. The van der Waals surface area contributed by atoms with Gasteiger partial charge in [0.05, 0.1) is 12.7 Å². The van der Waals surface area contributed by atoms with Crippen molar-refractivity contribution in [1.82, 2.24) is 15.0 Å². The highest BCUT2D eigenvalue weighted by atomic mass is 16.5. The molecule has 0 N–H and O–H groups in total. The Kier molecular flexibility index (Phi) is 4.45. The van der Waals surface area contributed by atoms with Crippen LogP contribution in [0.3, 0.4) is 0 Å². The number of fused-ring (bicyclic) bond motifs is 1. The van der Waals surface area contributed by atoms with E-state index < -0.39 is 5.97 Å². The van der Waals surface area contributed by atoms with E-state index in [0.29, 0.717) is 22.2 Å². The molecule has 1 aromatic heterocycles. The molecular formula is C22H17N3O3. The van der Waals surface area contributed by atoms with Crippen molar-refractivity contribution in [3.8, 4) is 22.3 Å². The van der Waals surface area contributed by atoms with E-state index in [2.05, 4.69) is 10.3 Å². The van der Waals surface area contributed by atoms with Crippen molar-refractivity contribution in [3.63, 3.8) is 0 Å². The monoisotopic (exact) mass is 371 g/mol. The summed E-state index contributed by atoms with van der Waals surface area (Å²) in [6, 6.07) is 18.9. The maximum Gasteiger partial charge on any atom is 0.340 e. The molecule has 0 spiro atoms. The van der Waals surface area contributed by atoms with Crippen LogP contribution in [-0.4, -0.2) is 34.4 Å². The van der Waals surface area contributed by atoms with Gasteiger partial charge in [0.2, 0.25) is 0 Å². The van der Waals surface area contributed by atoms with Gasteiger partial charge in [-0.3, -0.25) is 4.79 Å². The second-order valence-corrected chi connectivity index (χ2v) is 6.38. The van der Waals surface area contributed by atoms with Crippen molar-refractivity contribution in [2.24, 2.45) is 7.05 Å². The van der Waals surface area contributed by atoms with Gasteiger partial charge in [0.25, 0.3) is 0 Å². The van der Waals surface area contributed by atoms with Crippen molar-refractivity contribution >= 4 is 23.3 Å². The third-order valence-corrected chi connectivity index (χ3v) is 4.72. The molecule has 0 atom stereocenters. The van der Waals surface area contributed by atoms with Gasteiger partial charge < -0.3 is 4.74 Å². The normalized spacial score (nSPS) is 10.8. The van der Waals surface area contributed by atoms with E-state index in [0.717, 1.165) is 28.5 Å². The number of aromatic nitrogens is 3. The van der Waals surface area contributed by atoms with Gasteiger partial charge >= 0.3 is 5.97 Å². The molecule has 0 saturated heterocycles. The summed E-state index contributed by atoms with van der Waals surface area (Å²) in [5.41, 5.74) is 5.89. The summed E-state index contributed by atoms with van der Waals surface area (Å²) in [7, 11) is 3.09. The second-order valence-electron chi connectivity index (χ2n) is 6.38. The summed E-state index contributed by atoms with van der Waals surface area (Å²) in [4.78, 5) is 23.5. The van der Waals surface area contributed by atoms with Crippen molar-refractivity contribution < 1.29 is 14.3 Å². The van der Waals surface area contributed by atoms with E-state index in [4.69, 9.17) is 4.74 Å². The van der Waals surface area contributed by atoms with Gasteiger partial charge in [-0.05, 0) is 34.4 Å². The Balaban J connectivity index is 1.80. The van der Waals surface area contributed by atoms with Crippen molar-refractivity contribution in [2.45, 2.75) is 0 Å². The van der Waals surface area contributed by atoms with Gasteiger partial charge in [0, 0.05) is 12.6 Å². The lowest BCUT2D eigenvalue weighted by atomic mass is 9.96. The molecular weight excluding hydrogens is 354 g/mol. The topological polar surface area (TPSA) is 74.1 Å². The van der Waals surface area contributed by atoms with E-state index in [1.54, 1.807) is 23.9 Å². The molecule has 4 rings (SSSR count). The van der Waals surface area contributed by atoms with Gasteiger partial charge in [-0.15, -0.1) is 5.10 Å². The minimum absolute atomic E-state index is 0.415. The lowest BCUT2D eigenvalue weighted by Crippen LogP contribution is -2.05. The molecule has 0 amide bonds. The molecule has 0 aliphatic heterocycles. The lowest BCUT2D eigenvalue weighted by Gasteiger charge is -2.09. The second kappa shape index (κ2) is 7.08. The van der Waals surface area contributed by atoms with Crippen molar-refractivity contribution in [3.05, 3.63) is 71.8 Å². The number of carbonyl (C=O) groups is 2. The number of esters is 1. The highest BCUT2D eigenvalue weighted by Crippen LogP contribution is 2.30. The Hall–Kier alpha value is -3.80. The summed E-state index contributed by atoms with van der Waals surface area (Å²) in [5, 5.41) is 8.14. The Labute approximate surface area is 161 Å². The Morgan fingerprint density at radius 1 is 1.00 bits per heavy atom. The minimum atomic E-state index is -0.436. The molecule has 1 heterocycles. The third kappa shape index (κ3) is 2.95.